The Balaban J connectivity index is 0.000000412. The molecule has 0 saturated carbocycles. The van der Waals surface area contributed by atoms with Gasteiger partial charge < -0.3 is 0 Å². The quantitative estimate of drug-likeness (QED) is 0.220. The van der Waals surface area contributed by atoms with Crippen LogP contribution < -0.4 is 5.43 Å². The Kier molecular flexibility index (Phi) is 7.84. The summed E-state index contributed by atoms with van der Waals surface area (Å²) in [7, 11) is -3.73. The fourth-order valence-corrected chi connectivity index (χ4v) is 10.8. The second-order valence-corrected chi connectivity index (χ2v) is 14.7. The van der Waals surface area contributed by atoms with Crippen LogP contribution in [0.25, 0.3) is 21.7 Å². The number of rotatable bonds is 5. The maximum Gasteiger partial charge on any atom is 0.0267 e. The molecule has 0 aliphatic rings. The number of benzene rings is 4. The van der Waals surface area contributed by atoms with E-state index in [-0.39, 0.29) is 0 Å². The molecule has 0 unspecified atom stereocenters. The predicted octanol–water partition coefficient (Wildman–Crippen LogP) is 5.61. The molecule has 0 aliphatic heterocycles. The number of sulfonamides is 1. The molecule has 0 atom stereocenters. The summed E-state index contributed by atoms with van der Waals surface area (Å²) in [4.78, 5) is 8.70. The molecule has 0 fully saturated rings. The van der Waals surface area contributed by atoms with E-state index in [1.165, 1.54) is 0 Å². The second-order valence-electron chi connectivity index (χ2n) is 7.99. The average Bonchev–Trinajstić information content (AvgIpc) is 2.98. The van der Waals surface area contributed by atoms with Crippen LogP contribution in [0.3, 0.4) is 0 Å². The average molecular weight is 699 g/mol. The van der Waals surface area contributed by atoms with E-state index in [9.17, 15) is 8.42 Å². The first-order chi connectivity index (χ1) is 18.1. The number of nitrogens with zero attached hydrogens (tertiary/aromatic N) is 3. The molecule has 182 valence electrons. The number of hydrogen-bond donors (Lipinski definition) is 0. The fraction of sp³-hybridized carbons (Fsp3) is 0. The molecule has 6 aromatic rings. The number of fused-ring (bicyclic) bond motifs is 3. The zero-order valence-electron chi connectivity index (χ0n) is 19.8. The van der Waals surface area contributed by atoms with E-state index in [4.69, 9.17) is 0 Å². The van der Waals surface area contributed by atoms with Gasteiger partial charge in [0.2, 0.25) is 0 Å². The standard InChI is InChI=1S/C19H13N2O2S.C6H5.C5H5N.Po/c22-24(23,16-8-2-1-3-9-16)21-17-10-4-6-14-11-12-15-7-5-13-20-19(15)18(14)17;2*1-2-4-6-5-3-1;/h1-13H;2*1-5H;/q-1;;;+1. The van der Waals surface area contributed by atoms with Gasteiger partial charge in [-0.05, 0) is 12.1 Å². The summed E-state index contributed by atoms with van der Waals surface area (Å²) in [6.07, 6.45) is 5.26. The van der Waals surface area contributed by atoms with E-state index in [0.29, 0.717) is 10.6 Å². The largest absolute Gasteiger partial charge is 0.265 e. The van der Waals surface area contributed by atoms with Crippen molar-refractivity contribution in [3.8, 4) is 0 Å². The van der Waals surface area contributed by atoms with Crippen molar-refractivity contribution in [3.05, 3.63) is 140 Å². The van der Waals surface area contributed by atoms with E-state index in [2.05, 4.69) is 9.97 Å². The third kappa shape index (κ3) is 5.69. The number of aromatic nitrogens is 2. The van der Waals surface area contributed by atoms with Crippen LogP contribution in [0.15, 0.2) is 145 Å². The zero-order valence-corrected chi connectivity index (χ0v) is 23.7. The van der Waals surface area contributed by atoms with Crippen molar-refractivity contribution >= 4 is 64.5 Å². The number of hydrogen-bond acceptors (Lipinski definition) is 4. The molecular formula is C30H23N3O2PoS. The van der Waals surface area contributed by atoms with Gasteiger partial charge in [0.1, 0.15) is 0 Å². The van der Waals surface area contributed by atoms with Gasteiger partial charge in [0.25, 0.3) is 0 Å². The van der Waals surface area contributed by atoms with Crippen LogP contribution in [-0.2, 0) is 10.0 Å². The monoisotopic (exact) mass is 698 g/mol. The van der Waals surface area contributed by atoms with E-state index in [1.54, 1.807) is 45.1 Å². The molecule has 2 aromatic heterocycles. The van der Waals surface area contributed by atoms with Crippen molar-refractivity contribution in [1.82, 2.24) is 9.97 Å². The van der Waals surface area contributed by atoms with E-state index >= 15 is 0 Å². The van der Waals surface area contributed by atoms with Crippen LogP contribution in [0.2, 0.25) is 0 Å². The third-order valence-electron chi connectivity index (χ3n) is 5.55. The molecule has 2 heterocycles. The summed E-state index contributed by atoms with van der Waals surface area (Å²) in [5, 5.41) is 2.84. The minimum Gasteiger partial charge on any atom is -0.265 e. The van der Waals surface area contributed by atoms with Gasteiger partial charge in [0.05, 0.1) is 0 Å². The summed E-state index contributed by atoms with van der Waals surface area (Å²) < 4.78 is 30.5. The van der Waals surface area contributed by atoms with E-state index in [0.717, 1.165) is 24.9 Å². The normalized spacial score (nSPS) is 11.0. The molecule has 5 nitrogen and oxygen atoms in total. The minimum absolute atomic E-state index is 0.302. The molecule has 7 heteroatoms. The first-order valence-corrected chi connectivity index (χ1v) is 16.0. The Morgan fingerprint density at radius 2 is 1.24 bits per heavy atom. The molecule has 0 radical (unpaired) electrons. The Hall–Kier alpha value is -3.65. The first kappa shape index (κ1) is 25.0. The number of pyridine rings is 2. The summed E-state index contributed by atoms with van der Waals surface area (Å²) in [5.41, 5.74) is 1.51. The summed E-state index contributed by atoms with van der Waals surface area (Å²) in [6.45, 7) is 0. The van der Waals surface area contributed by atoms with Crippen LogP contribution in [-0.4, -0.2) is 42.2 Å². The minimum atomic E-state index is -3.73. The molecule has 0 bridgehead atoms. The van der Waals surface area contributed by atoms with Crippen molar-refractivity contribution in [2.75, 3.05) is 2.20 Å². The van der Waals surface area contributed by atoms with Gasteiger partial charge in [-0.3, -0.25) is 4.98 Å². The van der Waals surface area contributed by atoms with Gasteiger partial charge in [-0.1, -0.05) is 6.07 Å². The Bertz CT molecular complexity index is 1690. The SMILES string of the molecule is O=S(=O)(c1ccccc1)[N]([Po][c]1ccccc1)c1cccc2ccc3cccnc3c12.c1ccncc1. The molecule has 0 aliphatic carbocycles. The fourth-order valence-electron chi connectivity index (χ4n) is 3.85. The Morgan fingerprint density at radius 3 is 1.92 bits per heavy atom. The summed E-state index contributed by atoms with van der Waals surface area (Å²) in [5.74, 6) is 0. The molecule has 0 amide bonds. The van der Waals surface area contributed by atoms with Gasteiger partial charge >= 0.3 is 194 Å². The number of anilines is 1. The Morgan fingerprint density at radius 1 is 0.595 bits per heavy atom. The van der Waals surface area contributed by atoms with Crippen LogP contribution in [0.4, 0.5) is 5.69 Å². The topological polar surface area (TPSA) is 63.2 Å². The first-order valence-electron chi connectivity index (χ1n) is 11.6. The molecule has 6 rings (SSSR count). The van der Waals surface area contributed by atoms with Crippen LogP contribution in [0.1, 0.15) is 0 Å². The van der Waals surface area contributed by atoms with Crippen molar-refractivity contribution in [2.45, 2.75) is 4.90 Å². The van der Waals surface area contributed by atoms with Gasteiger partial charge in [0, 0.05) is 12.4 Å². The molecule has 4 aromatic carbocycles. The predicted molar refractivity (Wildman–Crippen MR) is 151 cm³/mol. The molecule has 37 heavy (non-hydrogen) atoms. The molecule has 0 spiro atoms. The van der Waals surface area contributed by atoms with E-state index in [1.807, 2.05) is 97.1 Å². The third-order valence-corrected chi connectivity index (χ3v) is 13.3. The summed E-state index contributed by atoms with van der Waals surface area (Å²) in [6, 6.07) is 38.1. The van der Waals surface area contributed by atoms with Crippen molar-refractivity contribution in [2.24, 2.45) is 0 Å². The van der Waals surface area contributed by atoms with Crippen LogP contribution in [0, 0.1) is 0 Å². The zero-order chi connectivity index (χ0) is 25.5. The molecule has 0 saturated heterocycles. The van der Waals surface area contributed by atoms with Gasteiger partial charge in [-0.2, -0.15) is 0 Å². The van der Waals surface area contributed by atoms with E-state index < -0.39 is 33.9 Å². The molecule has 0 N–H and O–H groups in total. The van der Waals surface area contributed by atoms with Gasteiger partial charge in [-0.15, -0.1) is 0 Å². The second kappa shape index (κ2) is 11.6. The van der Waals surface area contributed by atoms with Crippen molar-refractivity contribution in [1.29, 1.82) is 0 Å². The molecular weight excluding hydrogens is 675 g/mol. The van der Waals surface area contributed by atoms with Crippen LogP contribution >= 0.6 is 0 Å². The smallest absolute Gasteiger partial charge is 0.0267 e. The summed E-state index contributed by atoms with van der Waals surface area (Å²) >= 11 is -1.70. The van der Waals surface area contributed by atoms with Crippen LogP contribution in [0.5, 0.6) is 0 Å². The van der Waals surface area contributed by atoms with Gasteiger partial charge in [0.15, 0.2) is 0 Å². The van der Waals surface area contributed by atoms with Gasteiger partial charge in [-0.25, -0.2) is 0 Å². The maximum atomic E-state index is 13.9. The van der Waals surface area contributed by atoms with Crippen molar-refractivity contribution < 1.29 is 8.42 Å². The maximum absolute atomic E-state index is 13.9. The van der Waals surface area contributed by atoms with Crippen molar-refractivity contribution in [3.63, 3.8) is 0 Å². The Labute approximate surface area is 228 Å².